The second kappa shape index (κ2) is 11.6. The summed E-state index contributed by atoms with van der Waals surface area (Å²) in [5.74, 6) is 0.878. The predicted molar refractivity (Wildman–Crippen MR) is 129 cm³/mol. The number of allylic oxidation sites excluding steroid dienone is 4. The lowest BCUT2D eigenvalue weighted by atomic mass is 9.76. The lowest BCUT2D eigenvalue weighted by Gasteiger charge is -2.25. The van der Waals surface area contributed by atoms with Gasteiger partial charge in [-0.05, 0) is 61.1 Å². The van der Waals surface area contributed by atoms with Gasteiger partial charge in [0.2, 0.25) is 0 Å². The van der Waals surface area contributed by atoms with E-state index < -0.39 is 0 Å². The van der Waals surface area contributed by atoms with Gasteiger partial charge < -0.3 is 9.47 Å². The van der Waals surface area contributed by atoms with Crippen molar-refractivity contribution in [1.29, 1.82) is 10.5 Å². The number of Topliss-reactive ketones (excluding diaryl/α,β-unsaturated/α-hetero) is 2. The number of carbonyl (C=O) groups excluding carboxylic acids is 2. The van der Waals surface area contributed by atoms with Gasteiger partial charge in [-0.1, -0.05) is 24.3 Å². The number of methoxy groups -OCH3 is 2. The largest absolute Gasteiger partial charge is 0.497 e. The summed E-state index contributed by atoms with van der Waals surface area (Å²) >= 11 is 0. The third-order valence-corrected chi connectivity index (χ3v) is 5.79. The van der Waals surface area contributed by atoms with Gasteiger partial charge in [0.1, 0.15) is 11.5 Å². The van der Waals surface area contributed by atoms with Gasteiger partial charge in [-0.3, -0.25) is 9.59 Å². The SMILES string of the molecule is COc1ccc(C2=C(CCCC#N)C(=O)C(c3ccc(OC)cc3)=C(CCCC#N)C2=O)cc1. The Bertz CT molecular complexity index is 1110. The molecule has 0 fully saturated rings. The van der Waals surface area contributed by atoms with Crippen molar-refractivity contribution in [3.05, 3.63) is 70.8 Å². The highest BCUT2D eigenvalue weighted by Gasteiger charge is 2.35. The van der Waals surface area contributed by atoms with Crippen LogP contribution in [-0.4, -0.2) is 25.8 Å². The second-order valence-corrected chi connectivity index (χ2v) is 7.85. The lowest BCUT2D eigenvalue weighted by molar-refractivity contribution is -0.114. The fourth-order valence-electron chi connectivity index (χ4n) is 4.09. The Hall–Kier alpha value is -4.16. The smallest absolute Gasteiger partial charge is 0.190 e. The molecule has 2 aromatic carbocycles. The fourth-order valence-corrected chi connectivity index (χ4v) is 4.09. The van der Waals surface area contributed by atoms with Gasteiger partial charge in [-0.25, -0.2) is 0 Å². The minimum atomic E-state index is -0.208. The average Bonchev–Trinajstić information content (AvgIpc) is 2.87. The second-order valence-electron chi connectivity index (χ2n) is 7.85. The Labute approximate surface area is 199 Å². The molecule has 6 nitrogen and oxygen atoms in total. The topological polar surface area (TPSA) is 100 Å². The minimum Gasteiger partial charge on any atom is -0.497 e. The number of ether oxygens (including phenoxy) is 2. The summed E-state index contributed by atoms with van der Waals surface area (Å²) in [7, 11) is 3.13. The van der Waals surface area contributed by atoms with Gasteiger partial charge in [-0.2, -0.15) is 10.5 Å². The van der Waals surface area contributed by atoms with E-state index in [-0.39, 0.29) is 24.4 Å². The molecule has 34 heavy (non-hydrogen) atoms. The molecule has 1 aliphatic rings. The maximum atomic E-state index is 13.9. The molecule has 0 aliphatic heterocycles. The molecule has 0 unspecified atom stereocenters. The van der Waals surface area contributed by atoms with Gasteiger partial charge in [0, 0.05) is 35.1 Å². The summed E-state index contributed by atoms with van der Waals surface area (Å²) in [5.41, 5.74) is 2.85. The molecule has 0 bridgehead atoms. The van der Waals surface area contributed by atoms with Gasteiger partial charge >= 0.3 is 0 Å². The number of carbonyl (C=O) groups is 2. The van der Waals surface area contributed by atoms with Gasteiger partial charge in [0.15, 0.2) is 11.6 Å². The van der Waals surface area contributed by atoms with Crippen molar-refractivity contribution in [2.75, 3.05) is 14.2 Å². The standard InChI is InChI=1S/C28H26N2O4/c1-33-21-13-9-19(10-14-21)25-23(7-3-5-17-29)28(32)26(20-11-15-22(34-2)16-12-20)24(27(25)31)8-4-6-18-30/h9-16H,3-8H2,1-2H3. The van der Waals surface area contributed by atoms with Crippen molar-refractivity contribution in [2.45, 2.75) is 38.5 Å². The molecule has 0 amide bonds. The van der Waals surface area contributed by atoms with Crippen LogP contribution in [0.4, 0.5) is 0 Å². The summed E-state index contributed by atoms with van der Waals surface area (Å²) < 4.78 is 10.5. The third-order valence-electron chi connectivity index (χ3n) is 5.79. The molecule has 2 aromatic rings. The molecule has 0 aromatic heterocycles. The Morgan fingerprint density at radius 3 is 1.29 bits per heavy atom. The monoisotopic (exact) mass is 454 g/mol. The van der Waals surface area contributed by atoms with E-state index in [1.54, 1.807) is 62.8 Å². The number of benzene rings is 2. The van der Waals surface area contributed by atoms with E-state index in [2.05, 4.69) is 12.1 Å². The Balaban J connectivity index is 2.17. The van der Waals surface area contributed by atoms with E-state index in [0.717, 1.165) is 0 Å². The van der Waals surface area contributed by atoms with Crippen LogP contribution in [0, 0.1) is 22.7 Å². The van der Waals surface area contributed by atoms with Crippen LogP contribution < -0.4 is 9.47 Å². The minimum absolute atomic E-state index is 0.208. The van der Waals surface area contributed by atoms with Gasteiger partial charge in [0.25, 0.3) is 0 Å². The molecule has 3 rings (SSSR count). The molecule has 0 saturated heterocycles. The quantitative estimate of drug-likeness (QED) is 0.349. The van der Waals surface area contributed by atoms with E-state index in [4.69, 9.17) is 20.0 Å². The van der Waals surface area contributed by atoms with Crippen LogP contribution in [0.5, 0.6) is 11.5 Å². The normalized spacial score (nSPS) is 13.5. The zero-order valence-corrected chi connectivity index (χ0v) is 19.4. The van der Waals surface area contributed by atoms with Crippen LogP contribution in [0.1, 0.15) is 49.7 Å². The first-order valence-electron chi connectivity index (χ1n) is 11.1. The van der Waals surface area contributed by atoms with Crippen molar-refractivity contribution in [3.8, 4) is 23.6 Å². The van der Waals surface area contributed by atoms with Crippen LogP contribution in [0.3, 0.4) is 0 Å². The van der Waals surface area contributed by atoms with Crippen LogP contribution >= 0.6 is 0 Å². The highest BCUT2D eigenvalue weighted by molar-refractivity contribution is 6.48. The maximum absolute atomic E-state index is 13.9. The molecular weight excluding hydrogens is 428 g/mol. The lowest BCUT2D eigenvalue weighted by Crippen LogP contribution is -2.23. The van der Waals surface area contributed by atoms with E-state index in [0.29, 0.717) is 70.6 Å². The Kier molecular flexibility index (Phi) is 8.37. The molecule has 0 spiro atoms. The van der Waals surface area contributed by atoms with E-state index in [9.17, 15) is 9.59 Å². The van der Waals surface area contributed by atoms with Crippen molar-refractivity contribution in [3.63, 3.8) is 0 Å². The van der Waals surface area contributed by atoms with Crippen LogP contribution in [0.2, 0.25) is 0 Å². The van der Waals surface area contributed by atoms with Crippen molar-refractivity contribution >= 4 is 22.7 Å². The Morgan fingerprint density at radius 2 is 1.00 bits per heavy atom. The average molecular weight is 455 g/mol. The van der Waals surface area contributed by atoms with Crippen molar-refractivity contribution < 1.29 is 19.1 Å². The first kappa shape index (κ1) is 24.5. The zero-order chi connectivity index (χ0) is 24.5. The first-order chi connectivity index (χ1) is 16.5. The van der Waals surface area contributed by atoms with Crippen molar-refractivity contribution in [2.24, 2.45) is 0 Å². The predicted octanol–water partition coefficient (Wildman–Crippen LogP) is 5.45. The number of ketones is 2. The Morgan fingerprint density at radius 1 is 0.647 bits per heavy atom. The summed E-state index contributed by atoms with van der Waals surface area (Å²) in [4.78, 5) is 27.8. The summed E-state index contributed by atoms with van der Waals surface area (Å²) in [6.07, 6.45) is 2.18. The summed E-state index contributed by atoms with van der Waals surface area (Å²) in [5, 5.41) is 18.0. The van der Waals surface area contributed by atoms with Crippen LogP contribution in [-0.2, 0) is 9.59 Å². The van der Waals surface area contributed by atoms with Crippen LogP contribution in [0.25, 0.3) is 11.1 Å². The van der Waals surface area contributed by atoms with E-state index in [1.807, 2.05) is 0 Å². The molecule has 0 heterocycles. The van der Waals surface area contributed by atoms with Crippen molar-refractivity contribution in [1.82, 2.24) is 0 Å². The summed E-state index contributed by atoms with van der Waals surface area (Å²) in [6, 6.07) is 18.3. The number of nitriles is 2. The molecule has 172 valence electrons. The zero-order valence-electron chi connectivity index (χ0n) is 19.4. The molecule has 6 heteroatoms. The number of hydrogen-bond donors (Lipinski definition) is 0. The highest BCUT2D eigenvalue weighted by atomic mass is 16.5. The molecule has 0 atom stereocenters. The van der Waals surface area contributed by atoms with E-state index >= 15 is 0 Å². The maximum Gasteiger partial charge on any atom is 0.190 e. The number of hydrogen-bond acceptors (Lipinski definition) is 6. The molecular formula is C28H26N2O4. The summed E-state index contributed by atoms with van der Waals surface area (Å²) in [6.45, 7) is 0. The number of nitrogens with zero attached hydrogens (tertiary/aromatic N) is 2. The van der Waals surface area contributed by atoms with Gasteiger partial charge in [0.05, 0.1) is 26.4 Å². The molecule has 0 radical (unpaired) electrons. The number of rotatable bonds is 10. The number of unbranched alkanes of at least 4 members (excludes halogenated alkanes) is 2. The third kappa shape index (κ3) is 5.24. The van der Waals surface area contributed by atoms with Gasteiger partial charge in [-0.15, -0.1) is 0 Å². The fraction of sp³-hybridized carbons (Fsp3) is 0.286. The molecule has 1 aliphatic carbocycles. The first-order valence-corrected chi connectivity index (χ1v) is 11.1. The molecule has 0 saturated carbocycles. The highest BCUT2D eigenvalue weighted by Crippen LogP contribution is 2.40. The van der Waals surface area contributed by atoms with Crippen LogP contribution in [0.15, 0.2) is 59.7 Å². The van der Waals surface area contributed by atoms with E-state index in [1.165, 1.54) is 0 Å². The molecule has 0 N–H and O–H groups in total.